The largest absolute Gasteiger partial charge is 0.454 e. The first-order valence-electron chi connectivity index (χ1n) is 6.35. The van der Waals surface area contributed by atoms with Gasteiger partial charge in [0.15, 0.2) is 5.58 Å². The van der Waals surface area contributed by atoms with Crippen molar-refractivity contribution in [2.24, 2.45) is 0 Å². The highest BCUT2D eigenvalue weighted by molar-refractivity contribution is 6.30. The number of benzene rings is 2. The smallest absolute Gasteiger partial charge is 0.161 e. The lowest BCUT2D eigenvalue weighted by atomic mass is 10.1. The molecule has 0 saturated carbocycles. The molecule has 2 heterocycles. The molecule has 0 aliphatic heterocycles. The summed E-state index contributed by atoms with van der Waals surface area (Å²) in [6, 6.07) is 17.6. The van der Waals surface area contributed by atoms with Gasteiger partial charge in [-0.2, -0.15) is 0 Å². The average Bonchev–Trinajstić information content (AvgIpc) is 2.87. The second-order valence-corrected chi connectivity index (χ2v) is 5.08. The van der Waals surface area contributed by atoms with Gasteiger partial charge in [0, 0.05) is 27.6 Å². The summed E-state index contributed by atoms with van der Waals surface area (Å²) in [5, 5.41) is 2.91. The second kappa shape index (κ2) is 4.36. The zero-order valence-electron chi connectivity index (χ0n) is 10.5. The van der Waals surface area contributed by atoms with Crippen molar-refractivity contribution in [2.75, 3.05) is 0 Å². The molecule has 0 spiro atoms. The van der Waals surface area contributed by atoms with Crippen LogP contribution in [0.3, 0.4) is 0 Å². The summed E-state index contributed by atoms with van der Waals surface area (Å²) < 4.78 is 5.97. The van der Waals surface area contributed by atoms with Gasteiger partial charge in [-0.3, -0.25) is 4.98 Å². The summed E-state index contributed by atoms with van der Waals surface area (Å²) in [5.74, 6) is 0. The number of furan rings is 1. The molecule has 0 N–H and O–H groups in total. The quantitative estimate of drug-likeness (QED) is 0.472. The fourth-order valence-corrected chi connectivity index (χ4v) is 2.59. The molecular formula is C17H10ClNO. The fraction of sp³-hybridized carbons (Fsp3) is 0. The van der Waals surface area contributed by atoms with Gasteiger partial charge in [0.1, 0.15) is 11.3 Å². The van der Waals surface area contributed by atoms with E-state index in [-0.39, 0.29) is 0 Å². The van der Waals surface area contributed by atoms with Crippen LogP contribution in [0, 0.1) is 0 Å². The van der Waals surface area contributed by atoms with E-state index >= 15 is 0 Å². The van der Waals surface area contributed by atoms with Crippen LogP contribution in [0.2, 0.25) is 5.02 Å². The van der Waals surface area contributed by atoms with Crippen molar-refractivity contribution in [2.45, 2.75) is 0 Å². The van der Waals surface area contributed by atoms with Crippen LogP contribution in [-0.4, -0.2) is 4.98 Å². The molecule has 0 amide bonds. The third-order valence-corrected chi connectivity index (χ3v) is 3.66. The van der Waals surface area contributed by atoms with Crippen LogP contribution < -0.4 is 0 Å². The van der Waals surface area contributed by atoms with Gasteiger partial charge < -0.3 is 4.42 Å². The number of rotatable bonds is 1. The molecule has 0 aliphatic rings. The SMILES string of the molecule is Clc1ccc(-c2nccc3c2oc2ccccc23)cc1. The Hall–Kier alpha value is -2.32. The molecule has 0 atom stereocenters. The Balaban J connectivity index is 2.07. The van der Waals surface area contributed by atoms with E-state index in [9.17, 15) is 0 Å². The minimum atomic E-state index is 0.713. The highest BCUT2D eigenvalue weighted by atomic mass is 35.5. The molecule has 2 aromatic heterocycles. The molecule has 0 fully saturated rings. The lowest BCUT2D eigenvalue weighted by Gasteiger charge is -2.01. The zero-order chi connectivity index (χ0) is 13.5. The molecular weight excluding hydrogens is 270 g/mol. The van der Waals surface area contributed by atoms with Gasteiger partial charge in [-0.15, -0.1) is 0 Å². The third kappa shape index (κ3) is 1.69. The fourth-order valence-electron chi connectivity index (χ4n) is 2.47. The van der Waals surface area contributed by atoms with E-state index in [1.54, 1.807) is 0 Å². The van der Waals surface area contributed by atoms with Gasteiger partial charge in [0.05, 0.1) is 0 Å². The van der Waals surface area contributed by atoms with E-state index in [4.69, 9.17) is 16.0 Å². The Labute approximate surface area is 120 Å². The maximum atomic E-state index is 5.97. The van der Waals surface area contributed by atoms with E-state index in [0.717, 1.165) is 33.2 Å². The molecule has 0 saturated heterocycles. The van der Waals surface area contributed by atoms with Crippen molar-refractivity contribution in [3.8, 4) is 11.3 Å². The molecule has 3 heteroatoms. The molecule has 0 bridgehead atoms. The van der Waals surface area contributed by atoms with Crippen LogP contribution >= 0.6 is 11.6 Å². The summed E-state index contributed by atoms with van der Waals surface area (Å²) in [6.07, 6.45) is 1.81. The van der Waals surface area contributed by atoms with Crippen molar-refractivity contribution in [3.05, 3.63) is 65.8 Å². The summed E-state index contributed by atoms with van der Waals surface area (Å²) >= 11 is 5.94. The van der Waals surface area contributed by atoms with Gasteiger partial charge in [-0.05, 0) is 24.3 Å². The third-order valence-electron chi connectivity index (χ3n) is 3.41. The van der Waals surface area contributed by atoms with Crippen LogP contribution in [0.5, 0.6) is 0 Å². The van der Waals surface area contributed by atoms with Crippen molar-refractivity contribution in [3.63, 3.8) is 0 Å². The first kappa shape index (κ1) is 11.5. The van der Waals surface area contributed by atoms with Gasteiger partial charge in [-0.25, -0.2) is 0 Å². The van der Waals surface area contributed by atoms with E-state index in [2.05, 4.69) is 11.1 Å². The summed E-state index contributed by atoms with van der Waals surface area (Å²) in [5.41, 5.74) is 3.54. The molecule has 20 heavy (non-hydrogen) atoms. The van der Waals surface area contributed by atoms with Gasteiger partial charge in [-0.1, -0.05) is 41.9 Å². The molecule has 0 radical (unpaired) electrons. The predicted octanol–water partition coefficient (Wildman–Crippen LogP) is 5.30. The number of hydrogen-bond acceptors (Lipinski definition) is 2. The predicted molar refractivity (Wildman–Crippen MR) is 82.0 cm³/mol. The van der Waals surface area contributed by atoms with Crippen LogP contribution in [0.15, 0.2) is 65.2 Å². The van der Waals surface area contributed by atoms with Crippen LogP contribution in [-0.2, 0) is 0 Å². The number of fused-ring (bicyclic) bond motifs is 3. The molecule has 0 aliphatic carbocycles. The summed E-state index contributed by atoms with van der Waals surface area (Å²) in [6.45, 7) is 0. The number of aromatic nitrogens is 1. The van der Waals surface area contributed by atoms with Gasteiger partial charge >= 0.3 is 0 Å². The highest BCUT2D eigenvalue weighted by Gasteiger charge is 2.12. The average molecular weight is 280 g/mol. The highest BCUT2D eigenvalue weighted by Crippen LogP contribution is 2.34. The first-order valence-corrected chi connectivity index (χ1v) is 6.73. The molecule has 4 rings (SSSR count). The van der Waals surface area contributed by atoms with Crippen LogP contribution in [0.4, 0.5) is 0 Å². The number of hydrogen-bond donors (Lipinski definition) is 0. The Morgan fingerprint density at radius 3 is 2.50 bits per heavy atom. The lowest BCUT2D eigenvalue weighted by Crippen LogP contribution is -1.83. The van der Waals surface area contributed by atoms with E-state index in [1.165, 1.54) is 0 Å². The van der Waals surface area contributed by atoms with Crippen molar-refractivity contribution in [1.29, 1.82) is 0 Å². The van der Waals surface area contributed by atoms with E-state index in [0.29, 0.717) is 5.02 Å². The molecule has 2 nitrogen and oxygen atoms in total. The van der Waals surface area contributed by atoms with Crippen molar-refractivity contribution < 1.29 is 4.42 Å². The molecule has 4 aromatic rings. The van der Waals surface area contributed by atoms with Crippen molar-refractivity contribution in [1.82, 2.24) is 4.98 Å². The Bertz CT molecular complexity index is 909. The number of nitrogens with zero attached hydrogens (tertiary/aromatic N) is 1. The Morgan fingerprint density at radius 1 is 0.850 bits per heavy atom. The summed E-state index contributed by atoms with van der Waals surface area (Å²) in [7, 11) is 0. The maximum absolute atomic E-state index is 5.97. The molecule has 0 unspecified atom stereocenters. The van der Waals surface area contributed by atoms with E-state index < -0.39 is 0 Å². The molecule has 96 valence electrons. The number of halogens is 1. The Kier molecular flexibility index (Phi) is 2.51. The number of pyridine rings is 1. The zero-order valence-corrected chi connectivity index (χ0v) is 11.3. The van der Waals surface area contributed by atoms with E-state index in [1.807, 2.05) is 54.7 Å². The standard InChI is InChI=1S/C17H10ClNO/c18-12-7-5-11(6-8-12)16-17-14(9-10-19-16)13-3-1-2-4-15(13)20-17/h1-10H. The second-order valence-electron chi connectivity index (χ2n) is 4.64. The Morgan fingerprint density at radius 2 is 1.65 bits per heavy atom. The first-order chi connectivity index (χ1) is 9.83. The van der Waals surface area contributed by atoms with Crippen LogP contribution in [0.1, 0.15) is 0 Å². The molecule has 2 aromatic carbocycles. The summed E-state index contributed by atoms with van der Waals surface area (Å²) in [4.78, 5) is 4.47. The topological polar surface area (TPSA) is 26.0 Å². The van der Waals surface area contributed by atoms with Crippen LogP contribution in [0.25, 0.3) is 33.2 Å². The van der Waals surface area contributed by atoms with Gasteiger partial charge in [0.2, 0.25) is 0 Å². The minimum Gasteiger partial charge on any atom is -0.454 e. The monoisotopic (exact) mass is 279 g/mol. The van der Waals surface area contributed by atoms with Gasteiger partial charge in [0.25, 0.3) is 0 Å². The number of para-hydroxylation sites is 1. The maximum Gasteiger partial charge on any atom is 0.161 e. The van der Waals surface area contributed by atoms with Crippen molar-refractivity contribution >= 4 is 33.5 Å². The lowest BCUT2D eigenvalue weighted by molar-refractivity contribution is 0.668. The minimum absolute atomic E-state index is 0.713. The normalized spacial score (nSPS) is 11.2.